The number of likely N-dealkylation sites (N-methyl/N-ethyl adjacent to an activating group) is 1. The SMILES string of the molecule is CCN(C(=O)CNC1CCN(S(C)(=O)=O)CC1)C1CC1. The van der Waals surface area contributed by atoms with Gasteiger partial charge in [-0.1, -0.05) is 0 Å². The molecule has 0 aromatic carbocycles. The first kappa shape index (κ1) is 15.7. The number of hydrogen-bond acceptors (Lipinski definition) is 4. The van der Waals surface area contributed by atoms with Crippen molar-refractivity contribution in [3.8, 4) is 0 Å². The topological polar surface area (TPSA) is 69.7 Å². The van der Waals surface area contributed by atoms with E-state index in [4.69, 9.17) is 0 Å². The van der Waals surface area contributed by atoms with E-state index in [-0.39, 0.29) is 11.9 Å². The molecular formula is C13H25N3O3S. The van der Waals surface area contributed by atoms with Crippen LogP contribution in [-0.2, 0) is 14.8 Å². The molecule has 1 aliphatic carbocycles. The van der Waals surface area contributed by atoms with Gasteiger partial charge in [0, 0.05) is 31.7 Å². The lowest BCUT2D eigenvalue weighted by Crippen LogP contribution is -2.48. The maximum atomic E-state index is 12.1. The highest BCUT2D eigenvalue weighted by Crippen LogP contribution is 2.26. The number of nitrogens with zero attached hydrogens (tertiary/aromatic N) is 2. The van der Waals surface area contributed by atoms with Crippen LogP contribution in [0.5, 0.6) is 0 Å². The normalized spacial score (nSPS) is 21.9. The Kier molecular flexibility index (Phi) is 5.04. The van der Waals surface area contributed by atoms with E-state index in [0.717, 1.165) is 32.2 Å². The summed E-state index contributed by atoms with van der Waals surface area (Å²) in [5.41, 5.74) is 0. The summed E-state index contributed by atoms with van der Waals surface area (Å²) >= 11 is 0. The van der Waals surface area contributed by atoms with Crippen LogP contribution in [0.3, 0.4) is 0 Å². The van der Waals surface area contributed by atoms with Crippen LogP contribution >= 0.6 is 0 Å². The quantitative estimate of drug-likeness (QED) is 0.750. The third-order valence-corrected chi connectivity index (χ3v) is 5.42. The molecule has 2 rings (SSSR count). The van der Waals surface area contributed by atoms with Crippen LogP contribution in [0.15, 0.2) is 0 Å². The molecule has 0 aromatic rings. The van der Waals surface area contributed by atoms with Gasteiger partial charge in [-0.05, 0) is 32.6 Å². The van der Waals surface area contributed by atoms with Crippen LogP contribution in [0.4, 0.5) is 0 Å². The van der Waals surface area contributed by atoms with Gasteiger partial charge < -0.3 is 10.2 Å². The van der Waals surface area contributed by atoms with Crippen molar-refractivity contribution < 1.29 is 13.2 Å². The third-order valence-electron chi connectivity index (χ3n) is 4.11. The average molecular weight is 303 g/mol. The number of carbonyl (C=O) groups is 1. The second kappa shape index (κ2) is 6.41. The predicted molar refractivity (Wildman–Crippen MR) is 77.9 cm³/mol. The van der Waals surface area contributed by atoms with Gasteiger partial charge in [0.25, 0.3) is 0 Å². The number of nitrogens with one attached hydrogen (secondary N) is 1. The number of piperidine rings is 1. The molecular weight excluding hydrogens is 278 g/mol. The van der Waals surface area contributed by atoms with Crippen LogP contribution in [0.2, 0.25) is 0 Å². The van der Waals surface area contributed by atoms with Gasteiger partial charge in [-0.15, -0.1) is 0 Å². The van der Waals surface area contributed by atoms with Gasteiger partial charge in [0.1, 0.15) is 0 Å². The number of carbonyl (C=O) groups excluding carboxylic acids is 1. The van der Waals surface area contributed by atoms with E-state index in [1.54, 1.807) is 0 Å². The molecule has 0 radical (unpaired) electrons. The fourth-order valence-corrected chi connectivity index (χ4v) is 3.62. The molecule has 0 unspecified atom stereocenters. The molecule has 6 nitrogen and oxygen atoms in total. The molecule has 116 valence electrons. The Morgan fingerprint density at radius 2 is 1.85 bits per heavy atom. The maximum Gasteiger partial charge on any atom is 0.236 e. The maximum absolute atomic E-state index is 12.1. The molecule has 7 heteroatoms. The molecule has 1 amide bonds. The Morgan fingerprint density at radius 1 is 1.25 bits per heavy atom. The van der Waals surface area contributed by atoms with Gasteiger partial charge in [-0.2, -0.15) is 0 Å². The van der Waals surface area contributed by atoms with Crippen LogP contribution < -0.4 is 5.32 Å². The second-order valence-corrected chi connectivity index (χ2v) is 7.71. The Hall–Kier alpha value is -0.660. The van der Waals surface area contributed by atoms with Gasteiger partial charge in [-0.3, -0.25) is 4.79 Å². The summed E-state index contributed by atoms with van der Waals surface area (Å²) < 4.78 is 24.3. The van der Waals surface area contributed by atoms with Gasteiger partial charge in [0.15, 0.2) is 0 Å². The molecule has 1 saturated heterocycles. The van der Waals surface area contributed by atoms with Crippen LogP contribution in [0.1, 0.15) is 32.6 Å². The van der Waals surface area contributed by atoms with Gasteiger partial charge in [-0.25, -0.2) is 12.7 Å². The van der Waals surface area contributed by atoms with Crippen molar-refractivity contribution in [2.24, 2.45) is 0 Å². The molecule has 2 fully saturated rings. The molecule has 0 spiro atoms. The van der Waals surface area contributed by atoms with E-state index in [0.29, 0.717) is 25.7 Å². The van der Waals surface area contributed by atoms with Crippen molar-refractivity contribution in [1.29, 1.82) is 0 Å². The first-order valence-electron chi connectivity index (χ1n) is 7.39. The number of amides is 1. The first-order chi connectivity index (χ1) is 9.41. The highest BCUT2D eigenvalue weighted by atomic mass is 32.2. The van der Waals surface area contributed by atoms with E-state index < -0.39 is 10.0 Å². The molecule has 1 N–H and O–H groups in total. The summed E-state index contributed by atoms with van der Waals surface area (Å²) in [5.74, 6) is 0.167. The summed E-state index contributed by atoms with van der Waals surface area (Å²) in [6, 6.07) is 0.705. The Bertz CT molecular complexity index is 440. The Balaban J connectivity index is 1.72. The zero-order chi connectivity index (χ0) is 14.8. The van der Waals surface area contributed by atoms with Crippen molar-refractivity contribution in [1.82, 2.24) is 14.5 Å². The minimum Gasteiger partial charge on any atom is -0.339 e. The molecule has 20 heavy (non-hydrogen) atoms. The van der Waals surface area contributed by atoms with Crippen molar-refractivity contribution in [3.05, 3.63) is 0 Å². The zero-order valence-electron chi connectivity index (χ0n) is 12.3. The van der Waals surface area contributed by atoms with Crippen molar-refractivity contribution in [3.63, 3.8) is 0 Å². The van der Waals surface area contributed by atoms with Crippen LogP contribution in [-0.4, -0.2) is 68.0 Å². The largest absolute Gasteiger partial charge is 0.339 e. The highest BCUT2D eigenvalue weighted by Gasteiger charge is 2.31. The van der Waals surface area contributed by atoms with E-state index in [1.807, 2.05) is 11.8 Å². The molecule has 0 bridgehead atoms. The van der Waals surface area contributed by atoms with Crippen molar-refractivity contribution in [2.75, 3.05) is 32.4 Å². The molecule has 1 aliphatic heterocycles. The lowest BCUT2D eigenvalue weighted by molar-refractivity contribution is -0.130. The van der Waals surface area contributed by atoms with E-state index in [9.17, 15) is 13.2 Å². The van der Waals surface area contributed by atoms with Gasteiger partial charge in [0.2, 0.25) is 15.9 Å². The zero-order valence-corrected chi connectivity index (χ0v) is 13.2. The summed E-state index contributed by atoms with van der Waals surface area (Å²) in [7, 11) is -3.07. The fraction of sp³-hybridized carbons (Fsp3) is 0.923. The number of rotatable bonds is 6. The molecule has 0 atom stereocenters. The highest BCUT2D eigenvalue weighted by molar-refractivity contribution is 7.88. The smallest absolute Gasteiger partial charge is 0.236 e. The number of sulfonamides is 1. The standard InChI is InChI=1S/C13H25N3O3S/c1-3-16(12-4-5-12)13(17)10-14-11-6-8-15(9-7-11)20(2,18)19/h11-12,14H,3-10H2,1-2H3. The molecule has 0 aromatic heterocycles. The summed E-state index contributed by atoms with van der Waals surface area (Å²) in [4.78, 5) is 14.0. The number of hydrogen-bond donors (Lipinski definition) is 1. The minimum atomic E-state index is -3.07. The van der Waals surface area contributed by atoms with E-state index in [1.165, 1.54) is 10.6 Å². The average Bonchev–Trinajstić information content (AvgIpc) is 3.21. The Labute approximate surface area is 121 Å². The molecule has 2 aliphatic rings. The molecule has 1 saturated carbocycles. The van der Waals surface area contributed by atoms with Crippen LogP contribution in [0, 0.1) is 0 Å². The predicted octanol–water partition coefficient (Wildman–Crippen LogP) is 0.0109. The Morgan fingerprint density at radius 3 is 2.30 bits per heavy atom. The molecule has 1 heterocycles. The summed E-state index contributed by atoms with van der Waals surface area (Å²) in [6.45, 7) is 4.25. The lowest BCUT2D eigenvalue weighted by atomic mass is 10.1. The first-order valence-corrected chi connectivity index (χ1v) is 9.24. The van der Waals surface area contributed by atoms with Crippen molar-refractivity contribution >= 4 is 15.9 Å². The van der Waals surface area contributed by atoms with Gasteiger partial charge in [0.05, 0.1) is 12.8 Å². The minimum absolute atomic E-state index is 0.167. The van der Waals surface area contributed by atoms with Crippen molar-refractivity contribution in [2.45, 2.75) is 44.7 Å². The summed E-state index contributed by atoms with van der Waals surface area (Å²) in [6.07, 6.45) is 5.06. The lowest BCUT2D eigenvalue weighted by Gasteiger charge is -2.31. The van der Waals surface area contributed by atoms with Crippen LogP contribution in [0.25, 0.3) is 0 Å². The summed E-state index contributed by atoms with van der Waals surface area (Å²) in [5, 5.41) is 3.28. The van der Waals surface area contributed by atoms with E-state index >= 15 is 0 Å². The monoisotopic (exact) mass is 303 g/mol. The second-order valence-electron chi connectivity index (χ2n) is 5.73. The van der Waals surface area contributed by atoms with Gasteiger partial charge >= 0.3 is 0 Å². The fourth-order valence-electron chi connectivity index (χ4n) is 2.75. The third kappa shape index (κ3) is 4.17. The van der Waals surface area contributed by atoms with E-state index in [2.05, 4.69) is 5.32 Å².